The molecule has 0 saturated heterocycles. The molecule has 4 aromatic carbocycles. The summed E-state index contributed by atoms with van der Waals surface area (Å²) in [6, 6.07) is 22.6. The van der Waals surface area contributed by atoms with Gasteiger partial charge in [-0.1, -0.05) is 30.3 Å². The minimum absolute atomic E-state index is 0.0737. The van der Waals surface area contributed by atoms with Gasteiger partial charge in [0, 0.05) is 23.4 Å². The van der Waals surface area contributed by atoms with Crippen LogP contribution < -0.4 is 14.8 Å². The van der Waals surface area contributed by atoms with E-state index in [9.17, 15) is 26.9 Å². The predicted molar refractivity (Wildman–Crippen MR) is 143 cm³/mol. The number of rotatable bonds is 9. The molecule has 39 heavy (non-hydrogen) atoms. The number of halogens is 4. The van der Waals surface area contributed by atoms with Crippen molar-refractivity contribution in [1.82, 2.24) is 0 Å². The molecule has 0 saturated carbocycles. The Morgan fingerprint density at radius 3 is 2.33 bits per heavy atom. The van der Waals surface area contributed by atoms with E-state index in [1.807, 2.05) is 6.92 Å². The van der Waals surface area contributed by atoms with Crippen molar-refractivity contribution in [2.45, 2.75) is 24.6 Å². The van der Waals surface area contributed by atoms with Gasteiger partial charge < -0.3 is 14.8 Å². The second kappa shape index (κ2) is 12.2. The molecule has 1 amide bonds. The van der Waals surface area contributed by atoms with E-state index in [1.165, 1.54) is 42.5 Å². The Morgan fingerprint density at radius 1 is 0.923 bits per heavy atom. The Labute approximate surface area is 225 Å². The van der Waals surface area contributed by atoms with Crippen LogP contribution >= 0.6 is 0 Å². The quantitative estimate of drug-likeness (QED) is 0.162. The lowest BCUT2D eigenvalue weighted by molar-refractivity contribution is -0.274. The fourth-order valence-electron chi connectivity index (χ4n) is 3.76. The number of benzene rings is 4. The van der Waals surface area contributed by atoms with Crippen LogP contribution in [0.3, 0.4) is 0 Å². The first kappa shape index (κ1) is 28.0. The van der Waals surface area contributed by atoms with E-state index in [0.717, 1.165) is 16.5 Å². The van der Waals surface area contributed by atoms with Gasteiger partial charge in [0.1, 0.15) is 28.8 Å². The lowest BCUT2D eigenvalue weighted by Gasteiger charge is -2.15. The van der Waals surface area contributed by atoms with Gasteiger partial charge in [-0.05, 0) is 66.6 Å². The number of nitrogens with one attached hydrogen (secondary N) is 1. The van der Waals surface area contributed by atoms with E-state index >= 15 is 0 Å². The molecule has 0 aliphatic carbocycles. The molecule has 4 rings (SSSR count). The maximum Gasteiger partial charge on any atom is 0.573 e. The van der Waals surface area contributed by atoms with Crippen molar-refractivity contribution in [1.29, 1.82) is 0 Å². The first-order chi connectivity index (χ1) is 18.6. The molecule has 1 unspecified atom stereocenters. The van der Waals surface area contributed by atoms with Gasteiger partial charge in [-0.3, -0.25) is 4.79 Å². The van der Waals surface area contributed by atoms with Crippen LogP contribution in [-0.4, -0.2) is 22.6 Å². The van der Waals surface area contributed by atoms with Crippen LogP contribution in [0.1, 0.15) is 12.5 Å². The molecule has 10 heteroatoms. The zero-order chi connectivity index (χ0) is 28.0. The summed E-state index contributed by atoms with van der Waals surface area (Å²) >= 11 is -0.840. The molecule has 0 aromatic heterocycles. The Hall–Kier alpha value is -4.02. The smallest absolute Gasteiger partial charge is 0.457 e. The van der Waals surface area contributed by atoms with Crippen molar-refractivity contribution in [3.05, 3.63) is 102 Å². The van der Waals surface area contributed by atoms with Gasteiger partial charge in [0.15, 0.2) is 16.1 Å². The minimum atomic E-state index is -4.86. The minimum Gasteiger partial charge on any atom is -0.457 e. The monoisotopic (exact) mass is 558 g/mol. The molecule has 0 heterocycles. The molecule has 0 radical (unpaired) electrons. The molecular weight excluding hydrogens is 534 g/mol. The third-order valence-electron chi connectivity index (χ3n) is 5.50. The van der Waals surface area contributed by atoms with Crippen LogP contribution in [0.25, 0.3) is 11.1 Å². The van der Waals surface area contributed by atoms with Crippen LogP contribution in [0.2, 0.25) is 0 Å². The average Bonchev–Trinajstić information content (AvgIpc) is 2.88. The molecule has 5 nitrogen and oxygen atoms in total. The fraction of sp³-hybridized carbons (Fsp3) is 0.138. The number of alkyl halides is 3. The Kier molecular flexibility index (Phi) is 8.78. The summed E-state index contributed by atoms with van der Waals surface area (Å²) in [4.78, 5) is 13.5. The summed E-state index contributed by atoms with van der Waals surface area (Å²) in [5.41, 5.74) is 1.88. The molecule has 0 fully saturated rings. The summed E-state index contributed by atoms with van der Waals surface area (Å²) in [6.07, 6.45) is -4.78. The topological polar surface area (TPSA) is 67.8 Å². The van der Waals surface area contributed by atoms with Gasteiger partial charge >= 0.3 is 6.36 Å². The van der Waals surface area contributed by atoms with E-state index in [2.05, 4.69) is 10.1 Å². The second-order valence-electron chi connectivity index (χ2n) is 8.37. The third kappa shape index (κ3) is 7.98. The van der Waals surface area contributed by atoms with E-state index in [0.29, 0.717) is 22.6 Å². The number of carbonyl (C=O) groups is 1. The van der Waals surface area contributed by atoms with Crippen LogP contribution in [0.4, 0.5) is 23.2 Å². The number of hydrogen-bond donors (Lipinski definition) is 2. The number of hydrogen-bond acceptors (Lipinski definition) is 4. The Morgan fingerprint density at radius 2 is 1.64 bits per heavy atom. The van der Waals surface area contributed by atoms with Crippen molar-refractivity contribution in [2.75, 3.05) is 11.1 Å². The summed E-state index contributed by atoms with van der Waals surface area (Å²) < 4.78 is 71.9. The number of anilines is 1. The van der Waals surface area contributed by atoms with Gasteiger partial charge in [0.2, 0.25) is 5.91 Å². The van der Waals surface area contributed by atoms with Gasteiger partial charge in [-0.25, -0.2) is 4.39 Å². The van der Waals surface area contributed by atoms with E-state index in [4.69, 9.17) is 4.74 Å². The summed E-state index contributed by atoms with van der Waals surface area (Å²) in [7, 11) is 0. The van der Waals surface area contributed by atoms with E-state index in [1.54, 1.807) is 42.5 Å². The van der Waals surface area contributed by atoms with Crippen molar-refractivity contribution >= 4 is 22.8 Å². The number of carbonyl (C=O) groups excluding carboxylic acids is 1. The molecule has 4 aromatic rings. The highest BCUT2D eigenvalue weighted by Gasteiger charge is 2.31. The van der Waals surface area contributed by atoms with E-state index in [-0.39, 0.29) is 23.8 Å². The van der Waals surface area contributed by atoms with Crippen LogP contribution in [0.15, 0.2) is 95.9 Å². The third-order valence-corrected chi connectivity index (χ3v) is 6.86. The van der Waals surface area contributed by atoms with Crippen molar-refractivity contribution < 1.29 is 36.4 Å². The molecule has 202 valence electrons. The highest BCUT2D eigenvalue weighted by Crippen LogP contribution is 2.38. The van der Waals surface area contributed by atoms with E-state index < -0.39 is 29.1 Å². The molecule has 0 spiro atoms. The largest absolute Gasteiger partial charge is 0.573 e. The summed E-state index contributed by atoms with van der Waals surface area (Å²) in [5, 5.41) is 2.78. The molecular formula is C29H24F4NO4S+. The predicted octanol–water partition coefficient (Wildman–Crippen LogP) is 7.83. The normalized spacial score (nSPS) is 12.1. The van der Waals surface area contributed by atoms with Crippen LogP contribution in [0, 0.1) is 5.82 Å². The molecule has 1 atom stereocenters. The highest BCUT2D eigenvalue weighted by molar-refractivity contribution is 7.91. The first-order valence-corrected chi connectivity index (χ1v) is 13.2. The second-order valence-corrected chi connectivity index (χ2v) is 10.1. The summed E-state index contributed by atoms with van der Waals surface area (Å²) in [5.74, 6) is -0.301. The molecule has 0 aliphatic heterocycles. The zero-order valence-corrected chi connectivity index (χ0v) is 21.5. The van der Waals surface area contributed by atoms with Crippen molar-refractivity contribution in [3.8, 4) is 28.4 Å². The molecule has 0 aliphatic rings. The lowest BCUT2D eigenvalue weighted by atomic mass is 10.0. The SMILES string of the molecule is CC[S+](O)c1ccc(CC(=O)Nc2ccc(-c3cccc(OC(F)(F)F)c3)c(Oc3cccc(F)c3)c2)cc1. The van der Waals surface area contributed by atoms with Crippen LogP contribution in [0.5, 0.6) is 17.2 Å². The van der Waals surface area contributed by atoms with Crippen molar-refractivity contribution in [2.24, 2.45) is 0 Å². The maximum atomic E-state index is 13.8. The Balaban J connectivity index is 1.59. The van der Waals surface area contributed by atoms with Gasteiger partial charge in [-0.15, -0.1) is 13.2 Å². The van der Waals surface area contributed by atoms with Crippen molar-refractivity contribution in [3.63, 3.8) is 0 Å². The highest BCUT2D eigenvalue weighted by atomic mass is 32.2. The van der Waals surface area contributed by atoms with Gasteiger partial charge in [-0.2, -0.15) is 4.55 Å². The number of ether oxygens (including phenoxy) is 2. The summed E-state index contributed by atoms with van der Waals surface area (Å²) in [6.45, 7) is 1.88. The Bertz CT molecular complexity index is 1440. The molecule has 2 N–H and O–H groups in total. The lowest BCUT2D eigenvalue weighted by Crippen LogP contribution is -2.17. The average molecular weight is 559 g/mol. The number of amides is 1. The maximum absolute atomic E-state index is 13.8. The first-order valence-electron chi connectivity index (χ1n) is 11.8. The fourth-order valence-corrected chi connectivity index (χ4v) is 4.55. The standard InChI is InChI=1S/C29H23F4NO4S/c1-2-39(36)25-12-9-19(10-13-25)15-28(35)34-22-11-14-26(20-5-3-8-24(16-20)38-29(31,32)33)27(18-22)37-23-7-4-6-21(30)17-23/h3-14,16-18,36H,2,15H2,1H3/p+1. The van der Waals surface area contributed by atoms with Gasteiger partial charge in [0.25, 0.3) is 0 Å². The van der Waals surface area contributed by atoms with Crippen LogP contribution in [-0.2, 0) is 22.4 Å². The molecule has 0 bridgehead atoms. The zero-order valence-electron chi connectivity index (χ0n) is 20.7. The van der Waals surface area contributed by atoms with Gasteiger partial charge in [0.05, 0.1) is 6.42 Å².